The molecule has 3 atom stereocenters. The van der Waals surface area contributed by atoms with Crippen molar-refractivity contribution in [3.63, 3.8) is 0 Å². The van der Waals surface area contributed by atoms with Crippen molar-refractivity contribution in [2.75, 3.05) is 27.2 Å². The number of nitrogens with one attached hydrogen (secondary N) is 1. The fourth-order valence-corrected chi connectivity index (χ4v) is 5.19. The Morgan fingerprint density at radius 1 is 1.19 bits per heavy atom. The summed E-state index contributed by atoms with van der Waals surface area (Å²) < 4.78 is 27.5. The van der Waals surface area contributed by atoms with Gasteiger partial charge in [0.15, 0.2) is 0 Å². The van der Waals surface area contributed by atoms with Crippen LogP contribution < -0.4 is 5.32 Å². The van der Waals surface area contributed by atoms with Crippen LogP contribution in [0.4, 0.5) is 13.6 Å². The standard InChI is InChI=1S/C23H29Cl2F2N3O/c1-13-9-19(14(2)28-23(31)30(4)18-5-7-29(3)8-6-18)21(24)22(25)20(13)15-10-16(26)12-17(27)11-15/h9-14,18,20H,5-8H2,1-4H3,(H,28,31). The minimum absolute atomic E-state index is 0.155. The third-order valence-corrected chi connectivity index (χ3v) is 7.25. The predicted octanol–water partition coefficient (Wildman–Crippen LogP) is 5.44. The van der Waals surface area contributed by atoms with Gasteiger partial charge in [-0.1, -0.05) is 36.2 Å². The molecule has 2 amide bonds. The molecule has 3 unspecified atom stereocenters. The lowest BCUT2D eigenvalue weighted by atomic mass is 9.80. The molecule has 1 aromatic rings. The van der Waals surface area contributed by atoms with E-state index in [2.05, 4.69) is 17.3 Å². The second kappa shape index (κ2) is 9.88. The smallest absolute Gasteiger partial charge is 0.317 e. The molecule has 0 spiro atoms. The van der Waals surface area contributed by atoms with Crippen molar-refractivity contribution in [1.82, 2.24) is 15.1 Å². The summed E-state index contributed by atoms with van der Waals surface area (Å²) in [5, 5.41) is 3.64. The fraction of sp³-hybridized carbons (Fsp3) is 0.522. The van der Waals surface area contributed by atoms with E-state index >= 15 is 0 Å². The maximum atomic E-state index is 13.7. The predicted molar refractivity (Wildman–Crippen MR) is 121 cm³/mol. The molecular formula is C23H29Cl2F2N3O. The molecule has 1 aromatic carbocycles. The molecule has 0 aromatic heterocycles. The van der Waals surface area contributed by atoms with E-state index < -0.39 is 17.6 Å². The summed E-state index contributed by atoms with van der Waals surface area (Å²) >= 11 is 13.1. The maximum absolute atomic E-state index is 13.7. The number of urea groups is 1. The normalized spacial score (nSPS) is 24.1. The quantitative estimate of drug-likeness (QED) is 0.634. The van der Waals surface area contributed by atoms with Gasteiger partial charge < -0.3 is 15.1 Å². The molecule has 1 heterocycles. The Morgan fingerprint density at radius 2 is 1.77 bits per heavy atom. The molecule has 4 nitrogen and oxygen atoms in total. The lowest BCUT2D eigenvalue weighted by Crippen LogP contribution is -2.50. The van der Waals surface area contributed by atoms with Gasteiger partial charge in [-0.05, 0) is 69.1 Å². The molecule has 0 radical (unpaired) electrons. The Balaban J connectivity index is 1.73. The number of allylic oxidation sites excluding steroid dienone is 2. The number of rotatable bonds is 4. The number of hydrogen-bond acceptors (Lipinski definition) is 2. The second-order valence-corrected chi connectivity index (χ2v) is 9.43. The van der Waals surface area contributed by atoms with Crippen molar-refractivity contribution in [3.8, 4) is 0 Å². The first-order chi connectivity index (χ1) is 14.6. The molecular weight excluding hydrogens is 443 g/mol. The Labute approximate surface area is 192 Å². The number of nitrogens with zero attached hydrogens (tertiary/aromatic N) is 2. The summed E-state index contributed by atoms with van der Waals surface area (Å²) in [5.74, 6) is -1.92. The molecule has 8 heteroatoms. The fourth-order valence-electron chi connectivity index (χ4n) is 4.41. The number of benzene rings is 1. The van der Waals surface area contributed by atoms with Gasteiger partial charge in [0.25, 0.3) is 0 Å². The highest BCUT2D eigenvalue weighted by Crippen LogP contribution is 2.45. The summed E-state index contributed by atoms with van der Waals surface area (Å²) in [6.07, 6.45) is 3.79. The first-order valence-electron chi connectivity index (χ1n) is 10.5. The molecule has 1 aliphatic carbocycles. The van der Waals surface area contributed by atoms with Crippen LogP contribution in [0.2, 0.25) is 0 Å². The van der Waals surface area contributed by atoms with Gasteiger partial charge in [-0.2, -0.15) is 0 Å². The van der Waals surface area contributed by atoms with Crippen molar-refractivity contribution in [2.24, 2.45) is 5.92 Å². The van der Waals surface area contributed by atoms with Crippen molar-refractivity contribution in [2.45, 2.75) is 44.7 Å². The van der Waals surface area contributed by atoms with E-state index in [1.165, 1.54) is 12.1 Å². The molecule has 0 saturated carbocycles. The first kappa shape index (κ1) is 24.0. The van der Waals surface area contributed by atoms with Crippen LogP contribution in [0.25, 0.3) is 0 Å². The number of carbonyl (C=O) groups excluding carboxylic acids is 1. The van der Waals surface area contributed by atoms with Crippen LogP contribution in [0.1, 0.15) is 38.2 Å². The average molecular weight is 472 g/mol. The summed E-state index contributed by atoms with van der Waals surface area (Å²) in [5.41, 5.74) is 1.14. The van der Waals surface area contributed by atoms with E-state index in [1.807, 2.05) is 27.0 Å². The van der Waals surface area contributed by atoms with Crippen LogP contribution >= 0.6 is 23.2 Å². The number of hydrogen-bond donors (Lipinski definition) is 1. The molecule has 31 heavy (non-hydrogen) atoms. The zero-order valence-electron chi connectivity index (χ0n) is 18.3. The van der Waals surface area contributed by atoms with E-state index in [0.29, 0.717) is 21.2 Å². The zero-order valence-corrected chi connectivity index (χ0v) is 19.8. The van der Waals surface area contributed by atoms with Crippen molar-refractivity contribution >= 4 is 29.2 Å². The highest BCUT2D eigenvalue weighted by molar-refractivity contribution is 6.41. The van der Waals surface area contributed by atoms with Crippen LogP contribution in [0.15, 0.2) is 39.9 Å². The van der Waals surface area contributed by atoms with Gasteiger partial charge in [-0.25, -0.2) is 13.6 Å². The van der Waals surface area contributed by atoms with Crippen molar-refractivity contribution in [3.05, 3.63) is 57.1 Å². The number of carbonyl (C=O) groups is 1. The zero-order chi connectivity index (χ0) is 22.9. The SMILES string of the molecule is CC(NC(=O)N(C)C1CCN(C)CC1)C1=CC(C)C(c2cc(F)cc(F)c2)C(Cl)=C1Cl. The minimum atomic E-state index is -0.657. The van der Waals surface area contributed by atoms with Gasteiger partial charge in [0.2, 0.25) is 0 Å². The molecule has 0 bridgehead atoms. The molecule has 1 fully saturated rings. The summed E-state index contributed by atoms with van der Waals surface area (Å²) in [7, 11) is 3.90. The van der Waals surface area contributed by atoms with Crippen LogP contribution in [0, 0.1) is 17.6 Å². The van der Waals surface area contributed by atoms with Gasteiger partial charge in [0.05, 0.1) is 11.1 Å². The van der Waals surface area contributed by atoms with Gasteiger partial charge in [-0.15, -0.1) is 0 Å². The first-order valence-corrected chi connectivity index (χ1v) is 11.3. The van der Waals surface area contributed by atoms with E-state index in [1.54, 1.807) is 4.90 Å². The molecule has 170 valence electrons. The molecule has 1 aliphatic heterocycles. The maximum Gasteiger partial charge on any atom is 0.317 e. The Morgan fingerprint density at radius 3 is 2.35 bits per heavy atom. The third-order valence-electron chi connectivity index (χ3n) is 6.31. The Bertz CT molecular complexity index is 877. The topological polar surface area (TPSA) is 35.6 Å². The van der Waals surface area contributed by atoms with Crippen LogP contribution in [0.3, 0.4) is 0 Å². The summed E-state index contributed by atoms with van der Waals surface area (Å²) in [6.45, 7) is 5.70. The van der Waals surface area contributed by atoms with Gasteiger partial charge in [-0.3, -0.25) is 0 Å². The van der Waals surface area contributed by atoms with E-state index in [0.717, 1.165) is 32.0 Å². The monoisotopic (exact) mass is 471 g/mol. The number of amides is 2. The molecule has 1 saturated heterocycles. The van der Waals surface area contributed by atoms with E-state index in [-0.39, 0.29) is 24.0 Å². The number of piperidine rings is 1. The number of likely N-dealkylation sites (tertiary alicyclic amines) is 1. The van der Waals surface area contributed by atoms with Crippen LogP contribution in [-0.4, -0.2) is 55.1 Å². The van der Waals surface area contributed by atoms with Crippen molar-refractivity contribution < 1.29 is 13.6 Å². The summed E-state index contributed by atoms with van der Waals surface area (Å²) in [6, 6.07) is 3.05. The third kappa shape index (κ3) is 5.41. The molecule has 1 N–H and O–H groups in total. The highest BCUT2D eigenvalue weighted by Gasteiger charge is 2.33. The van der Waals surface area contributed by atoms with Crippen LogP contribution in [0.5, 0.6) is 0 Å². The van der Waals surface area contributed by atoms with E-state index in [4.69, 9.17) is 23.2 Å². The van der Waals surface area contributed by atoms with Gasteiger partial charge >= 0.3 is 6.03 Å². The van der Waals surface area contributed by atoms with E-state index in [9.17, 15) is 13.6 Å². The lowest BCUT2D eigenvalue weighted by Gasteiger charge is -2.36. The van der Waals surface area contributed by atoms with Gasteiger partial charge in [0, 0.05) is 30.1 Å². The van der Waals surface area contributed by atoms with Crippen LogP contribution in [-0.2, 0) is 0 Å². The highest BCUT2D eigenvalue weighted by atomic mass is 35.5. The Kier molecular flexibility index (Phi) is 7.66. The van der Waals surface area contributed by atoms with Crippen molar-refractivity contribution in [1.29, 1.82) is 0 Å². The lowest BCUT2D eigenvalue weighted by molar-refractivity contribution is 0.147. The molecule has 3 rings (SSSR count). The summed E-state index contributed by atoms with van der Waals surface area (Å²) in [4.78, 5) is 16.8. The molecule has 2 aliphatic rings. The van der Waals surface area contributed by atoms with Gasteiger partial charge in [0.1, 0.15) is 11.6 Å². The number of halogens is 4. The minimum Gasteiger partial charge on any atom is -0.331 e. The Hall–Kier alpha value is -1.63. The largest absolute Gasteiger partial charge is 0.331 e. The second-order valence-electron chi connectivity index (χ2n) is 8.64. The average Bonchev–Trinajstić information content (AvgIpc) is 2.70.